The van der Waals surface area contributed by atoms with Crippen molar-refractivity contribution in [3.63, 3.8) is 0 Å². The van der Waals surface area contributed by atoms with Crippen molar-refractivity contribution in [1.29, 1.82) is 0 Å². The average Bonchev–Trinajstić information content (AvgIpc) is 3.23. The maximum absolute atomic E-state index is 12.6. The number of aromatic nitrogens is 3. The molecule has 1 aliphatic carbocycles. The molecule has 4 rings (SSSR count). The molecule has 0 saturated carbocycles. The third-order valence-corrected chi connectivity index (χ3v) is 5.93. The third kappa shape index (κ3) is 3.39. The van der Waals surface area contributed by atoms with Crippen molar-refractivity contribution in [2.24, 2.45) is 0 Å². The molecule has 0 aliphatic heterocycles. The first kappa shape index (κ1) is 17.9. The van der Waals surface area contributed by atoms with E-state index in [1.54, 1.807) is 4.57 Å². The van der Waals surface area contributed by atoms with E-state index in [0.717, 1.165) is 18.5 Å². The van der Waals surface area contributed by atoms with Crippen LogP contribution < -0.4 is 10.9 Å². The zero-order valence-corrected chi connectivity index (χ0v) is 16.2. The van der Waals surface area contributed by atoms with Gasteiger partial charge in [-0.15, -0.1) is 0 Å². The van der Waals surface area contributed by atoms with Gasteiger partial charge in [-0.2, -0.15) is 0 Å². The topological polar surface area (TPSA) is 79.8 Å². The van der Waals surface area contributed by atoms with Crippen LogP contribution in [-0.4, -0.2) is 26.2 Å². The molecule has 0 radical (unpaired) electrons. The summed E-state index contributed by atoms with van der Waals surface area (Å²) in [6, 6.07) is 10.2. The summed E-state index contributed by atoms with van der Waals surface area (Å²) in [5.74, 6) is 0.198. The molecule has 1 aliphatic rings. The maximum atomic E-state index is 12.6. The van der Waals surface area contributed by atoms with Gasteiger partial charge in [-0.1, -0.05) is 36.0 Å². The molecule has 2 N–H and O–H groups in total. The number of hydrogen-bond acceptors (Lipinski definition) is 4. The summed E-state index contributed by atoms with van der Waals surface area (Å²) in [5, 5.41) is 3.70. The molecule has 6 nitrogen and oxygen atoms in total. The van der Waals surface area contributed by atoms with Crippen LogP contribution in [0.2, 0.25) is 0 Å². The van der Waals surface area contributed by atoms with Crippen LogP contribution in [0.3, 0.4) is 0 Å². The Balaban J connectivity index is 1.49. The molecular weight excluding hydrogens is 360 g/mol. The number of hydrogen-bond donors (Lipinski definition) is 2. The van der Waals surface area contributed by atoms with Crippen molar-refractivity contribution < 1.29 is 4.79 Å². The minimum Gasteiger partial charge on any atom is -0.353 e. The fraction of sp³-hybridized carbons (Fsp3) is 0.350. The van der Waals surface area contributed by atoms with Crippen LogP contribution in [0.4, 0.5) is 0 Å². The Labute approximate surface area is 161 Å². The number of carbonyl (C=O) groups excluding carboxylic acids is 1. The van der Waals surface area contributed by atoms with Gasteiger partial charge in [0.05, 0.1) is 17.3 Å². The van der Waals surface area contributed by atoms with Gasteiger partial charge in [-0.3, -0.25) is 14.2 Å². The van der Waals surface area contributed by atoms with Gasteiger partial charge < -0.3 is 10.3 Å². The fourth-order valence-electron chi connectivity index (χ4n) is 3.67. The maximum Gasteiger partial charge on any atom is 0.278 e. The summed E-state index contributed by atoms with van der Waals surface area (Å²) in [6.45, 7) is 4.32. The van der Waals surface area contributed by atoms with Gasteiger partial charge in [-0.05, 0) is 43.9 Å². The van der Waals surface area contributed by atoms with Crippen LogP contribution in [0, 0.1) is 6.92 Å². The average molecular weight is 382 g/mol. The van der Waals surface area contributed by atoms with Crippen molar-refractivity contribution in [3.8, 4) is 0 Å². The summed E-state index contributed by atoms with van der Waals surface area (Å²) in [4.78, 5) is 32.8. The van der Waals surface area contributed by atoms with Crippen LogP contribution in [-0.2, 0) is 17.8 Å². The second-order valence-corrected chi connectivity index (χ2v) is 7.75. The smallest absolute Gasteiger partial charge is 0.278 e. The number of carbonyl (C=O) groups is 1. The van der Waals surface area contributed by atoms with Gasteiger partial charge in [-0.25, -0.2) is 4.98 Å². The lowest BCUT2D eigenvalue weighted by Crippen LogP contribution is -2.29. The number of fused-ring (bicyclic) bond motifs is 2. The second kappa shape index (κ2) is 7.23. The van der Waals surface area contributed by atoms with Crippen LogP contribution in [0.5, 0.6) is 0 Å². The molecule has 0 spiro atoms. The van der Waals surface area contributed by atoms with Crippen molar-refractivity contribution in [2.75, 3.05) is 5.75 Å². The molecule has 2 heterocycles. The molecule has 0 bridgehead atoms. The molecule has 1 aromatic carbocycles. The molecule has 1 amide bonds. The number of benzene rings is 1. The Kier molecular flexibility index (Phi) is 4.78. The lowest BCUT2D eigenvalue weighted by atomic mass is 10.1. The van der Waals surface area contributed by atoms with Gasteiger partial charge in [0.2, 0.25) is 5.91 Å². The summed E-state index contributed by atoms with van der Waals surface area (Å²) in [6.07, 6.45) is 1.93. The number of nitrogens with one attached hydrogen (secondary N) is 2. The van der Waals surface area contributed by atoms with E-state index in [1.807, 2.05) is 32.0 Å². The van der Waals surface area contributed by atoms with E-state index in [4.69, 9.17) is 0 Å². The molecule has 3 aromatic rings. The lowest BCUT2D eigenvalue weighted by Gasteiger charge is -2.14. The first-order valence-corrected chi connectivity index (χ1v) is 10.2. The van der Waals surface area contributed by atoms with E-state index in [1.165, 1.54) is 22.9 Å². The minimum absolute atomic E-state index is 0.0380. The first-order chi connectivity index (χ1) is 13.1. The molecule has 27 heavy (non-hydrogen) atoms. The summed E-state index contributed by atoms with van der Waals surface area (Å²) < 4.78 is 1.61. The van der Waals surface area contributed by atoms with E-state index in [0.29, 0.717) is 22.7 Å². The molecular formula is C20H22N4O2S. The van der Waals surface area contributed by atoms with Crippen LogP contribution in [0.15, 0.2) is 40.3 Å². The number of amides is 1. The van der Waals surface area contributed by atoms with Crippen molar-refractivity contribution in [2.45, 2.75) is 44.4 Å². The van der Waals surface area contributed by atoms with Gasteiger partial charge in [0.25, 0.3) is 5.56 Å². The Bertz CT molecular complexity index is 1070. The minimum atomic E-state index is -0.0942. The number of rotatable bonds is 5. The van der Waals surface area contributed by atoms with E-state index < -0.39 is 0 Å². The fourth-order valence-corrected chi connectivity index (χ4v) is 4.55. The molecule has 140 valence electrons. The number of thioether (sulfide) groups is 1. The zero-order valence-electron chi connectivity index (χ0n) is 15.4. The highest BCUT2D eigenvalue weighted by Crippen LogP contribution is 2.30. The Morgan fingerprint density at radius 1 is 1.41 bits per heavy atom. The SMILES string of the molecule is CCn1c(SCC(=O)N[C@H]2CCc3ccccc32)nc2cc(C)[nH]c2c1=O. The summed E-state index contributed by atoms with van der Waals surface area (Å²) in [7, 11) is 0. The normalized spacial score (nSPS) is 15.9. The predicted octanol–water partition coefficient (Wildman–Crippen LogP) is 2.95. The summed E-state index contributed by atoms with van der Waals surface area (Å²) in [5.41, 5.74) is 4.50. The zero-order chi connectivity index (χ0) is 19.0. The number of aryl methyl sites for hydroxylation is 2. The highest BCUT2D eigenvalue weighted by atomic mass is 32.2. The largest absolute Gasteiger partial charge is 0.353 e. The van der Waals surface area contributed by atoms with Crippen LogP contribution in [0.25, 0.3) is 11.0 Å². The molecule has 2 aromatic heterocycles. The third-order valence-electron chi connectivity index (χ3n) is 4.95. The Hall–Kier alpha value is -2.54. The molecule has 0 saturated heterocycles. The Morgan fingerprint density at radius 3 is 3.04 bits per heavy atom. The van der Waals surface area contributed by atoms with Crippen molar-refractivity contribution >= 4 is 28.7 Å². The van der Waals surface area contributed by atoms with Gasteiger partial charge in [0.1, 0.15) is 5.52 Å². The Morgan fingerprint density at radius 2 is 2.22 bits per heavy atom. The molecule has 0 fully saturated rings. The lowest BCUT2D eigenvalue weighted by molar-refractivity contribution is -0.119. The molecule has 0 unspecified atom stereocenters. The number of H-pyrrole nitrogens is 1. The van der Waals surface area contributed by atoms with E-state index in [9.17, 15) is 9.59 Å². The highest BCUT2D eigenvalue weighted by molar-refractivity contribution is 7.99. The predicted molar refractivity (Wildman–Crippen MR) is 107 cm³/mol. The monoisotopic (exact) mass is 382 g/mol. The van der Waals surface area contributed by atoms with Crippen LogP contribution in [0.1, 0.15) is 36.2 Å². The van der Waals surface area contributed by atoms with Crippen LogP contribution >= 0.6 is 11.8 Å². The molecule has 1 atom stereocenters. The number of nitrogens with zero attached hydrogens (tertiary/aromatic N) is 2. The van der Waals surface area contributed by atoms with Gasteiger partial charge >= 0.3 is 0 Å². The quantitative estimate of drug-likeness (QED) is 0.525. The number of aromatic amines is 1. The van der Waals surface area contributed by atoms with Crippen molar-refractivity contribution in [3.05, 3.63) is 57.5 Å². The van der Waals surface area contributed by atoms with E-state index >= 15 is 0 Å². The second-order valence-electron chi connectivity index (χ2n) is 6.80. The molecule has 7 heteroatoms. The van der Waals surface area contributed by atoms with E-state index in [2.05, 4.69) is 27.4 Å². The first-order valence-electron chi connectivity index (χ1n) is 9.17. The van der Waals surface area contributed by atoms with E-state index in [-0.39, 0.29) is 23.3 Å². The van der Waals surface area contributed by atoms with Gasteiger partial charge in [0, 0.05) is 12.2 Å². The van der Waals surface area contributed by atoms with Crippen molar-refractivity contribution in [1.82, 2.24) is 19.9 Å². The van der Waals surface area contributed by atoms with Gasteiger partial charge in [0.15, 0.2) is 5.16 Å². The standard InChI is InChI=1S/C20H22N4O2S/c1-3-24-19(26)18-16(10-12(2)21-18)23-20(24)27-11-17(25)22-15-9-8-13-6-4-5-7-14(13)15/h4-7,10,15,21H,3,8-9,11H2,1-2H3,(H,22,25)/t15-/m0/s1. The highest BCUT2D eigenvalue weighted by Gasteiger charge is 2.23. The summed E-state index contributed by atoms with van der Waals surface area (Å²) >= 11 is 1.31.